The normalized spacial score (nSPS) is 9.85. The van der Waals surface area contributed by atoms with Gasteiger partial charge in [-0.2, -0.15) is 0 Å². The van der Waals surface area contributed by atoms with Gasteiger partial charge in [0, 0.05) is 24.8 Å². The van der Waals surface area contributed by atoms with Gasteiger partial charge < -0.3 is 5.73 Å². The minimum atomic E-state index is 0.385. The molecule has 0 aliphatic carbocycles. The number of nitrogens with one attached hydrogen (secondary N) is 1. The Morgan fingerprint density at radius 1 is 1.15 bits per heavy atom. The minimum absolute atomic E-state index is 0.385. The molecule has 0 atom stereocenters. The van der Waals surface area contributed by atoms with Crippen molar-refractivity contribution in [2.75, 3.05) is 11.2 Å². The predicted octanol–water partition coefficient (Wildman–Crippen LogP) is 0.735. The zero-order valence-electron chi connectivity index (χ0n) is 6.88. The monoisotopic (exact) mass is 175 g/mol. The number of nitrogens with two attached hydrogens (primary N) is 1. The number of rotatable bonds is 2. The van der Waals surface area contributed by atoms with Gasteiger partial charge in [0.2, 0.25) is 0 Å². The second-order valence-electron chi connectivity index (χ2n) is 2.49. The van der Waals surface area contributed by atoms with E-state index in [9.17, 15) is 0 Å². The van der Waals surface area contributed by atoms with Gasteiger partial charge in [-0.05, 0) is 12.1 Å². The van der Waals surface area contributed by atoms with Crippen LogP contribution in [-0.2, 0) is 0 Å². The van der Waals surface area contributed by atoms with E-state index in [2.05, 4.69) is 15.4 Å². The molecule has 0 amide bonds. The highest BCUT2D eigenvalue weighted by Gasteiger charge is 1.98. The van der Waals surface area contributed by atoms with Gasteiger partial charge in [0.1, 0.15) is 0 Å². The van der Waals surface area contributed by atoms with Crippen LogP contribution in [0.1, 0.15) is 0 Å². The summed E-state index contributed by atoms with van der Waals surface area (Å²) in [4.78, 5) is 7.93. The van der Waals surface area contributed by atoms with Gasteiger partial charge in [0.15, 0.2) is 11.6 Å². The molecule has 0 saturated heterocycles. The fourth-order valence-electron chi connectivity index (χ4n) is 0.966. The molecule has 0 radical (unpaired) electrons. The van der Waals surface area contributed by atoms with Crippen molar-refractivity contribution < 1.29 is 0 Å². The third-order valence-corrected chi connectivity index (χ3v) is 1.57. The molecule has 2 aromatic rings. The summed E-state index contributed by atoms with van der Waals surface area (Å²) < 4.78 is 1.75. The van der Waals surface area contributed by atoms with Crippen molar-refractivity contribution in [1.82, 2.24) is 14.6 Å². The molecule has 0 bridgehead atoms. The van der Waals surface area contributed by atoms with E-state index in [1.807, 2.05) is 24.5 Å². The molecular formula is C8H9N5. The van der Waals surface area contributed by atoms with Crippen molar-refractivity contribution in [3.05, 3.63) is 36.9 Å². The maximum Gasteiger partial charge on any atom is 0.188 e. The molecule has 0 aliphatic heterocycles. The summed E-state index contributed by atoms with van der Waals surface area (Å²) in [7, 11) is 0. The first-order chi connectivity index (χ1) is 6.36. The molecule has 0 fully saturated rings. The van der Waals surface area contributed by atoms with Crippen LogP contribution in [-0.4, -0.2) is 14.6 Å². The molecule has 0 aromatic carbocycles. The van der Waals surface area contributed by atoms with E-state index in [-0.39, 0.29) is 0 Å². The Balaban J connectivity index is 2.24. The zero-order valence-corrected chi connectivity index (χ0v) is 6.88. The van der Waals surface area contributed by atoms with Crippen LogP contribution in [0.5, 0.6) is 0 Å². The van der Waals surface area contributed by atoms with Crippen LogP contribution in [0.3, 0.4) is 0 Å². The molecule has 13 heavy (non-hydrogen) atoms. The van der Waals surface area contributed by atoms with E-state index in [1.54, 1.807) is 17.1 Å². The third kappa shape index (κ3) is 1.58. The number of nitrogen functional groups attached to an aromatic ring is 1. The van der Waals surface area contributed by atoms with Gasteiger partial charge in [-0.1, -0.05) is 0 Å². The minimum Gasteiger partial charge on any atom is -0.381 e. The van der Waals surface area contributed by atoms with Crippen molar-refractivity contribution in [2.24, 2.45) is 0 Å². The van der Waals surface area contributed by atoms with Gasteiger partial charge in [-0.25, -0.2) is 9.97 Å². The van der Waals surface area contributed by atoms with E-state index in [4.69, 9.17) is 5.73 Å². The molecule has 2 rings (SSSR count). The lowest BCUT2D eigenvalue weighted by Crippen LogP contribution is -2.10. The standard InChI is InChI=1S/C8H9N5/c9-7-8(11-4-3-10-7)12-13-5-1-2-6-13/h1-6H,(H2,9,10)(H,11,12). The van der Waals surface area contributed by atoms with E-state index >= 15 is 0 Å². The fraction of sp³-hybridized carbons (Fsp3) is 0. The Bertz CT molecular complexity index is 381. The summed E-state index contributed by atoms with van der Waals surface area (Å²) >= 11 is 0. The largest absolute Gasteiger partial charge is 0.381 e. The van der Waals surface area contributed by atoms with Crippen molar-refractivity contribution in [3.63, 3.8) is 0 Å². The molecular weight excluding hydrogens is 166 g/mol. The Morgan fingerprint density at radius 3 is 2.54 bits per heavy atom. The van der Waals surface area contributed by atoms with Gasteiger partial charge in [0.05, 0.1) is 0 Å². The van der Waals surface area contributed by atoms with Gasteiger partial charge in [-0.3, -0.25) is 10.1 Å². The third-order valence-electron chi connectivity index (χ3n) is 1.57. The molecule has 5 nitrogen and oxygen atoms in total. The molecule has 0 unspecified atom stereocenters. The first kappa shape index (κ1) is 7.60. The molecule has 0 saturated carbocycles. The summed E-state index contributed by atoms with van der Waals surface area (Å²) in [5, 5.41) is 0. The van der Waals surface area contributed by atoms with Crippen LogP contribution in [0.4, 0.5) is 11.6 Å². The summed E-state index contributed by atoms with van der Waals surface area (Å²) in [5.41, 5.74) is 8.56. The molecule has 2 aromatic heterocycles. The molecule has 0 spiro atoms. The lowest BCUT2D eigenvalue weighted by molar-refractivity contribution is 0.948. The number of hydrogen-bond acceptors (Lipinski definition) is 4. The zero-order chi connectivity index (χ0) is 9.10. The highest BCUT2D eigenvalue weighted by molar-refractivity contribution is 5.54. The average molecular weight is 175 g/mol. The molecule has 3 N–H and O–H groups in total. The van der Waals surface area contributed by atoms with Crippen LogP contribution in [0.25, 0.3) is 0 Å². The van der Waals surface area contributed by atoms with Crippen LogP contribution in [0.15, 0.2) is 36.9 Å². The topological polar surface area (TPSA) is 68.8 Å². The first-order valence-electron chi connectivity index (χ1n) is 3.83. The van der Waals surface area contributed by atoms with Crippen LogP contribution in [0.2, 0.25) is 0 Å². The predicted molar refractivity (Wildman–Crippen MR) is 49.9 cm³/mol. The van der Waals surface area contributed by atoms with Gasteiger partial charge in [-0.15, -0.1) is 0 Å². The Morgan fingerprint density at radius 2 is 1.85 bits per heavy atom. The smallest absolute Gasteiger partial charge is 0.188 e. The number of hydrogen-bond donors (Lipinski definition) is 2. The Labute approximate surface area is 75.2 Å². The van der Waals surface area contributed by atoms with Crippen LogP contribution < -0.4 is 11.2 Å². The fourth-order valence-corrected chi connectivity index (χ4v) is 0.966. The number of nitrogens with zero attached hydrogens (tertiary/aromatic N) is 3. The summed E-state index contributed by atoms with van der Waals surface area (Å²) in [6.07, 6.45) is 6.85. The van der Waals surface area contributed by atoms with E-state index in [1.165, 1.54) is 0 Å². The van der Waals surface area contributed by atoms with E-state index in [0.717, 1.165) is 0 Å². The maximum atomic E-state index is 5.59. The van der Waals surface area contributed by atoms with E-state index < -0.39 is 0 Å². The lowest BCUT2D eigenvalue weighted by Gasteiger charge is -2.06. The quantitative estimate of drug-likeness (QED) is 0.706. The van der Waals surface area contributed by atoms with Crippen molar-refractivity contribution >= 4 is 11.6 Å². The van der Waals surface area contributed by atoms with E-state index in [0.29, 0.717) is 11.6 Å². The first-order valence-corrected chi connectivity index (χ1v) is 3.83. The summed E-state index contributed by atoms with van der Waals surface area (Å²) in [6, 6.07) is 3.80. The SMILES string of the molecule is Nc1nccnc1Nn1cccc1. The highest BCUT2D eigenvalue weighted by Crippen LogP contribution is 2.09. The van der Waals surface area contributed by atoms with Crippen molar-refractivity contribution in [2.45, 2.75) is 0 Å². The van der Waals surface area contributed by atoms with Crippen molar-refractivity contribution in [3.8, 4) is 0 Å². The molecule has 66 valence electrons. The summed E-state index contributed by atoms with van der Waals surface area (Å²) in [6.45, 7) is 0. The highest BCUT2D eigenvalue weighted by atomic mass is 15.4. The Hall–Kier alpha value is -2.04. The van der Waals surface area contributed by atoms with Gasteiger partial charge >= 0.3 is 0 Å². The second kappa shape index (κ2) is 3.14. The van der Waals surface area contributed by atoms with Crippen LogP contribution in [0, 0.1) is 0 Å². The maximum absolute atomic E-state index is 5.59. The van der Waals surface area contributed by atoms with Gasteiger partial charge in [0.25, 0.3) is 0 Å². The van der Waals surface area contributed by atoms with Crippen LogP contribution >= 0.6 is 0 Å². The van der Waals surface area contributed by atoms with Crippen molar-refractivity contribution in [1.29, 1.82) is 0 Å². The number of anilines is 2. The average Bonchev–Trinajstić information content (AvgIpc) is 2.61. The lowest BCUT2D eigenvalue weighted by atomic mass is 10.6. The molecule has 0 aliphatic rings. The second-order valence-corrected chi connectivity index (χ2v) is 2.49. The Kier molecular flexibility index (Phi) is 1.84. The summed E-state index contributed by atoms with van der Waals surface area (Å²) in [5.74, 6) is 0.940. The number of aromatic nitrogens is 3. The molecule has 2 heterocycles. The molecule has 5 heteroatoms.